The summed E-state index contributed by atoms with van der Waals surface area (Å²) in [4.78, 5) is 0. The Bertz CT molecular complexity index is 149. The Hall–Kier alpha value is -0.0800. The maximum atomic E-state index is 5.23. The van der Waals surface area contributed by atoms with Gasteiger partial charge in [-0.1, -0.05) is 19.8 Å². The van der Waals surface area contributed by atoms with Gasteiger partial charge in [-0.05, 0) is 32.1 Å². The maximum Gasteiger partial charge on any atom is 0.0667 e. The highest BCUT2D eigenvalue weighted by molar-refractivity contribution is 4.74. The Morgan fingerprint density at radius 3 is 2.79 bits per heavy atom. The summed E-state index contributed by atoms with van der Waals surface area (Å²) in [7, 11) is 1.78. The Kier molecular flexibility index (Phi) is 5.49. The first-order chi connectivity index (χ1) is 6.72. The van der Waals surface area contributed by atoms with Gasteiger partial charge in [-0.25, -0.2) is 0 Å². The monoisotopic (exact) mass is 199 g/mol. The molecule has 1 aliphatic rings. The van der Waals surface area contributed by atoms with Crippen LogP contribution in [0.5, 0.6) is 0 Å². The number of methoxy groups -OCH3 is 1. The molecule has 0 saturated heterocycles. The van der Waals surface area contributed by atoms with Crippen molar-refractivity contribution in [3.05, 3.63) is 0 Å². The smallest absolute Gasteiger partial charge is 0.0667 e. The zero-order valence-corrected chi connectivity index (χ0v) is 9.88. The van der Waals surface area contributed by atoms with Gasteiger partial charge in [-0.2, -0.15) is 0 Å². The minimum atomic E-state index is 0.343. The highest BCUT2D eigenvalue weighted by atomic mass is 16.5. The fourth-order valence-corrected chi connectivity index (χ4v) is 2.11. The fraction of sp³-hybridized carbons (Fsp3) is 1.00. The molecule has 0 heterocycles. The van der Waals surface area contributed by atoms with Gasteiger partial charge in [0.2, 0.25) is 0 Å². The average molecular weight is 199 g/mol. The van der Waals surface area contributed by atoms with Crippen LogP contribution in [0.25, 0.3) is 0 Å². The molecular weight excluding hydrogens is 174 g/mol. The number of ether oxygens (including phenoxy) is 1. The summed E-state index contributed by atoms with van der Waals surface area (Å²) < 4.78 is 5.23. The third-order valence-electron chi connectivity index (χ3n) is 3.35. The molecular formula is C12H25NO. The molecule has 1 fully saturated rings. The fourth-order valence-electron chi connectivity index (χ4n) is 2.11. The van der Waals surface area contributed by atoms with E-state index in [1.165, 1.54) is 32.1 Å². The molecule has 0 bridgehead atoms. The first-order valence-electron chi connectivity index (χ1n) is 5.98. The van der Waals surface area contributed by atoms with Crippen LogP contribution in [0.1, 0.15) is 46.0 Å². The van der Waals surface area contributed by atoms with Crippen molar-refractivity contribution in [3.63, 3.8) is 0 Å². The summed E-state index contributed by atoms with van der Waals surface area (Å²) in [6.45, 7) is 5.49. The quantitative estimate of drug-likeness (QED) is 0.703. The third-order valence-corrected chi connectivity index (χ3v) is 3.35. The van der Waals surface area contributed by atoms with Crippen molar-refractivity contribution in [1.82, 2.24) is 5.32 Å². The van der Waals surface area contributed by atoms with E-state index in [0.717, 1.165) is 18.5 Å². The minimum Gasteiger partial charge on any atom is -0.380 e. The second kappa shape index (κ2) is 6.41. The summed E-state index contributed by atoms with van der Waals surface area (Å²) in [6, 6.07) is 0.734. The van der Waals surface area contributed by atoms with Gasteiger partial charge in [0.05, 0.1) is 6.10 Å². The van der Waals surface area contributed by atoms with Crippen LogP contribution < -0.4 is 5.32 Å². The predicted octanol–water partition coefficient (Wildman–Crippen LogP) is 2.58. The van der Waals surface area contributed by atoms with Crippen LogP contribution in [0, 0.1) is 5.92 Å². The van der Waals surface area contributed by atoms with Crippen molar-refractivity contribution >= 4 is 0 Å². The Labute approximate surface area is 88.4 Å². The van der Waals surface area contributed by atoms with Crippen LogP contribution in [0.15, 0.2) is 0 Å². The minimum absolute atomic E-state index is 0.343. The molecule has 3 unspecified atom stereocenters. The lowest BCUT2D eigenvalue weighted by Crippen LogP contribution is -2.34. The van der Waals surface area contributed by atoms with E-state index in [9.17, 15) is 0 Å². The number of hydrogen-bond acceptors (Lipinski definition) is 2. The van der Waals surface area contributed by atoms with Gasteiger partial charge in [0.1, 0.15) is 0 Å². The van der Waals surface area contributed by atoms with Gasteiger partial charge in [-0.15, -0.1) is 0 Å². The van der Waals surface area contributed by atoms with Crippen molar-refractivity contribution < 1.29 is 4.74 Å². The molecule has 0 spiro atoms. The van der Waals surface area contributed by atoms with Crippen LogP contribution in [0.3, 0.4) is 0 Å². The molecule has 1 N–H and O–H groups in total. The highest BCUT2D eigenvalue weighted by Gasteiger charge is 2.15. The molecule has 0 amide bonds. The Morgan fingerprint density at radius 2 is 2.07 bits per heavy atom. The predicted molar refractivity (Wildman–Crippen MR) is 60.5 cm³/mol. The van der Waals surface area contributed by atoms with Crippen LogP contribution in [0.4, 0.5) is 0 Å². The molecule has 0 radical (unpaired) electrons. The lowest BCUT2D eigenvalue weighted by atomic mass is 10.0. The number of hydrogen-bond donors (Lipinski definition) is 1. The molecule has 3 atom stereocenters. The van der Waals surface area contributed by atoms with E-state index in [1.54, 1.807) is 7.11 Å². The second-order valence-corrected chi connectivity index (χ2v) is 4.76. The standard InChI is InChI=1S/C12H25NO/c1-10-5-4-6-12(8-7-10)13-9-11(2)14-3/h10-13H,4-9H2,1-3H3. The molecule has 2 nitrogen and oxygen atoms in total. The first kappa shape index (κ1) is 12.0. The SMILES string of the molecule is COC(C)CNC1CCCC(C)CC1. The lowest BCUT2D eigenvalue weighted by Gasteiger charge is -2.18. The molecule has 1 rings (SSSR count). The summed E-state index contributed by atoms with van der Waals surface area (Å²) >= 11 is 0. The van der Waals surface area contributed by atoms with Gasteiger partial charge in [0.25, 0.3) is 0 Å². The zero-order valence-electron chi connectivity index (χ0n) is 9.88. The number of rotatable bonds is 4. The van der Waals surface area contributed by atoms with E-state index >= 15 is 0 Å². The van der Waals surface area contributed by atoms with Gasteiger partial charge >= 0.3 is 0 Å². The summed E-state index contributed by atoms with van der Waals surface area (Å²) in [5.74, 6) is 0.932. The molecule has 14 heavy (non-hydrogen) atoms. The van der Waals surface area contributed by atoms with Gasteiger partial charge in [0.15, 0.2) is 0 Å². The van der Waals surface area contributed by atoms with Crippen LogP contribution in [-0.2, 0) is 4.74 Å². The molecule has 2 heteroatoms. The van der Waals surface area contributed by atoms with E-state index in [0.29, 0.717) is 6.10 Å². The molecule has 0 aromatic carbocycles. The van der Waals surface area contributed by atoms with E-state index < -0.39 is 0 Å². The summed E-state index contributed by atoms with van der Waals surface area (Å²) in [5.41, 5.74) is 0. The molecule has 0 aliphatic heterocycles. The lowest BCUT2D eigenvalue weighted by molar-refractivity contribution is 0.113. The zero-order chi connectivity index (χ0) is 10.4. The van der Waals surface area contributed by atoms with Crippen molar-refractivity contribution in [1.29, 1.82) is 0 Å². The molecule has 84 valence electrons. The molecule has 0 aromatic heterocycles. The topological polar surface area (TPSA) is 21.3 Å². The third kappa shape index (κ3) is 4.43. The van der Waals surface area contributed by atoms with E-state index in [-0.39, 0.29) is 0 Å². The van der Waals surface area contributed by atoms with Gasteiger partial charge in [0, 0.05) is 19.7 Å². The second-order valence-electron chi connectivity index (χ2n) is 4.76. The average Bonchev–Trinajstić information content (AvgIpc) is 2.39. The summed E-state index contributed by atoms with van der Waals surface area (Å²) in [5, 5.41) is 3.61. The van der Waals surface area contributed by atoms with Gasteiger partial charge < -0.3 is 10.1 Å². The van der Waals surface area contributed by atoms with Crippen molar-refractivity contribution in [3.8, 4) is 0 Å². The van der Waals surface area contributed by atoms with Crippen molar-refractivity contribution in [2.45, 2.75) is 58.1 Å². The largest absolute Gasteiger partial charge is 0.380 e. The normalized spacial score (nSPS) is 31.1. The van der Waals surface area contributed by atoms with Crippen LogP contribution >= 0.6 is 0 Å². The first-order valence-corrected chi connectivity index (χ1v) is 5.98. The van der Waals surface area contributed by atoms with E-state index in [1.807, 2.05) is 0 Å². The highest BCUT2D eigenvalue weighted by Crippen LogP contribution is 2.22. The molecule has 0 aromatic rings. The van der Waals surface area contributed by atoms with Crippen LogP contribution in [-0.4, -0.2) is 25.8 Å². The summed E-state index contributed by atoms with van der Waals surface area (Å²) in [6.07, 6.45) is 7.23. The Morgan fingerprint density at radius 1 is 1.29 bits per heavy atom. The van der Waals surface area contributed by atoms with Crippen LogP contribution in [0.2, 0.25) is 0 Å². The number of nitrogens with one attached hydrogen (secondary N) is 1. The molecule has 1 aliphatic carbocycles. The Balaban J connectivity index is 2.17. The van der Waals surface area contributed by atoms with Crippen molar-refractivity contribution in [2.75, 3.05) is 13.7 Å². The van der Waals surface area contributed by atoms with Crippen molar-refractivity contribution in [2.24, 2.45) is 5.92 Å². The van der Waals surface area contributed by atoms with E-state index in [2.05, 4.69) is 19.2 Å². The van der Waals surface area contributed by atoms with Gasteiger partial charge in [-0.3, -0.25) is 0 Å². The maximum absolute atomic E-state index is 5.23. The van der Waals surface area contributed by atoms with E-state index in [4.69, 9.17) is 4.74 Å². The molecule has 1 saturated carbocycles.